The third kappa shape index (κ3) is 9.49. The van der Waals surface area contributed by atoms with Gasteiger partial charge in [0.15, 0.2) is 8.32 Å². The second kappa shape index (κ2) is 6.27. The van der Waals surface area contributed by atoms with E-state index in [9.17, 15) is 0 Å². The first kappa shape index (κ1) is 16.3. The lowest BCUT2D eigenvalue weighted by atomic mass is 10.0. The third-order valence-electron chi connectivity index (χ3n) is 2.40. The van der Waals surface area contributed by atoms with Crippen molar-refractivity contribution in [2.45, 2.75) is 71.7 Å². The van der Waals surface area contributed by atoms with Crippen LogP contribution >= 0.6 is 0 Å². The molecule has 0 aromatic carbocycles. The third-order valence-corrected chi connectivity index (χ3v) is 4.93. The van der Waals surface area contributed by atoms with Crippen LogP contribution in [0.4, 0.5) is 0 Å². The molecule has 0 aliphatic carbocycles. The summed E-state index contributed by atoms with van der Waals surface area (Å²) >= 11 is 0. The molecule has 0 rings (SSSR count). The SMILES string of the molecule is CC(C)C(C[CH+]C[Si](C)(C)C)O[Si](C)(C)C. The standard InChI is InChI=1S/C13H31OSi2/c1-12(2)13(14-16(6,7)8)10-9-11-15(3,4)5/h9,12-13H,10-11H2,1-8H3/q+1. The van der Waals surface area contributed by atoms with E-state index in [1.165, 1.54) is 6.04 Å². The van der Waals surface area contributed by atoms with Crippen molar-refractivity contribution in [1.29, 1.82) is 0 Å². The van der Waals surface area contributed by atoms with Gasteiger partial charge in [0, 0.05) is 0 Å². The minimum Gasteiger partial charge on any atom is -0.410 e. The predicted octanol–water partition coefficient (Wildman–Crippen LogP) is 4.80. The second-order valence-electron chi connectivity index (χ2n) is 7.30. The molecule has 0 heterocycles. The molecule has 96 valence electrons. The fourth-order valence-corrected chi connectivity index (χ4v) is 3.90. The van der Waals surface area contributed by atoms with Gasteiger partial charge in [0.25, 0.3) is 0 Å². The van der Waals surface area contributed by atoms with Crippen LogP contribution in [0.1, 0.15) is 20.3 Å². The van der Waals surface area contributed by atoms with Gasteiger partial charge >= 0.3 is 0 Å². The molecule has 0 spiro atoms. The lowest BCUT2D eigenvalue weighted by Crippen LogP contribution is -2.35. The maximum Gasteiger partial charge on any atom is 0.184 e. The maximum atomic E-state index is 6.24. The molecule has 0 aromatic heterocycles. The highest BCUT2D eigenvalue weighted by Crippen LogP contribution is 2.21. The largest absolute Gasteiger partial charge is 0.410 e. The van der Waals surface area contributed by atoms with E-state index in [1.807, 2.05) is 0 Å². The molecular formula is C13H31OSi2+. The lowest BCUT2D eigenvalue weighted by molar-refractivity contribution is 0.143. The Balaban J connectivity index is 4.06. The summed E-state index contributed by atoms with van der Waals surface area (Å²) in [6.07, 6.45) is 4.03. The minimum absolute atomic E-state index is 0.433. The molecule has 0 saturated heterocycles. The molecule has 0 radical (unpaired) electrons. The van der Waals surface area contributed by atoms with E-state index in [0.717, 1.165) is 6.42 Å². The van der Waals surface area contributed by atoms with Crippen LogP contribution in [0.2, 0.25) is 45.3 Å². The topological polar surface area (TPSA) is 9.23 Å². The zero-order chi connectivity index (χ0) is 13.0. The van der Waals surface area contributed by atoms with Crippen LogP contribution in [-0.4, -0.2) is 22.5 Å². The molecule has 0 N–H and O–H groups in total. The molecule has 0 aromatic rings. The van der Waals surface area contributed by atoms with Gasteiger partial charge in [-0.2, -0.15) is 0 Å². The summed E-state index contributed by atoms with van der Waals surface area (Å²) in [7, 11) is -2.30. The van der Waals surface area contributed by atoms with Crippen LogP contribution in [0.3, 0.4) is 0 Å². The van der Waals surface area contributed by atoms with Gasteiger partial charge in [-0.05, 0) is 25.6 Å². The Morgan fingerprint density at radius 2 is 1.50 bits per heavy atom. The molecule has 0 saturated carbocycles. The van der Waals surface area contributed by atoms with E-state index >= 15 is 0 Å². The van der Waals surface area contributed by atoms with E-state index in [2.05, 4.69) is 59.6 Å². The van der Waals surface area contributed by atoms with E-state index in [0.29, 0.717) is 12.0 Å². The summed E-state index contributed by atoms with van der Waals surface area (Å²) in [4.78, 5) is 0. The lowest BCUT2D eigenvalue weighted by Gasteiger charge is -2.27. The van der Waals surface area contributed by atoms with Crippen LogP contribution in [-0.2, 0) is 4.43 Å². The van der Waals surface area contributed by atoms with Crippen molar-refractivity contribution >= 4 is 16.4 Å². The van der Waals surface area contributed by atoms with Crippen molar-refractivity contribution in [1.82, 2.24) is 0 Å². The average Bonchev–Trinajstić information content (AvgIpc) is 1.97. The molecule has 0 amide bonds. The molecule has 1 nitrogen and oxygen atoms in total. The highest BCUT2D eigenvalue weighted by Gasteiger charge is 2.27. The molecule has 0 fully saturated rings. The fraction of sp³-hybridized carbons (Fsp3) is 0.923. The first-order valence-electron chi connectivity index (χ1n) is 6.51. The van der Waals surface area contributed by atoms with Crippen LogP contribution in [0.15, 0.2) is 0 Å². The quantitative estimate of drug-likeness (QED) is 0.471. The number of hydrogen-bond acceptors (Lipinski definition) is 1. The summed E-state index contributed by atoms with van der Waals surface area (Å²) in [5, 5.41) is 0. The minimum atomic E-state index is -1.39. The Bertz CT molecular complexity index is 189. The van der Waals surface area contributed by atoms with Crippen molar-refractivity contribution in [3.05, 3.63) is 6.42 Å². The first-order valence-corrected chi connectivity index (χ1v) is 13.6. The van der Waals surface area contributed by atoms with Crippen molar-refractivity contribution < 1.29 is 4.43 Å². The molecule has 1 atom stereocenters. The fourth-order valence-electron chi connectivity index (χ4n) is 1.59. The Morgan fingerprint density at radius 1 is 1.00 bits per heavy atom. The van der Waals surface area contributed by atoms with Crippen molar-refractivity contribution in [2.75, 3.05) is 0 Å². The van der Waals surface area contributed by atoms with Gasteiger partial charge < -0.3 is 4.43 Å². The van der Waals surface area contributed by atoms with Gasteiger partial charge in [-0.1, -0.05) is 33.5 Å². The zero-order valence-electron chi connectivity index (χ0n) is 12.6. The van der Waals surface area contributed by atoms with Gasteiger partial charge in [0.05, 0.1) is 26.6 Å². The summed E-state index contributed by atoms with van der Waals surface area (Å²) in [5.41, 5.74) is 0. The van der Waals surface area contributed by atoms with E-state index in [-0.39, 0.29) is 0 Å². The molecule has 0 bridgehead atoms. The van der Waals surface area contributed by atoms with Gasteiger partial charge in [-0.15, -0.1) is 0 Å². The molecule has 16 heavy (non-hydrogen) atoms. The van der Waals surface area contributed by atoms with Gasteiger partial charge in [0.1, 0.15) is 6.42 Å². The smallest absolute Gasteiger partial charge is 0.184 e. The monoisotopic (exact) mass is 259 g/mol. The Labute approximate surface area is 105 Å². The summed E-state index contributed by atoms with van der Waals surface area (Å²) in [5.74, 6) is 0.629. The van der Waals surface area contributed by atoms with Gasteiger partial charge in [-0.3, -0.25) is 0 Å². The Morgan fingerprint density at radius 3 is 1.81 bits per heavy atom. The Hall–Kier alpha value is 0.264. The zero-order valence-corrected chi connectivity index (χ0v) is 14.6. The maximum absolute atomic E-state index is 6.24. The van der Waals surface area contributed by atoms with Crippen molar-refractivity contribution in [2.24, 2.45) is 5.92 Å². The predicted molar refractivity (Wildman–Crippen MR) is 80.1 cm³/mol. The molecule has 3 heteroatoms. The number of hydrogen-bond donors (Lipinski definition) is 0. The molecule has 0 aliphatic rings. The van der Waals surface area contributed by atoms with Crippen molar-refractivity contribution in [3.8, 4) is 0 Å². The van der Waals surface area contributed by atoms with Crippen LogP contribution in [0.5, 0.6) is 0 Å². The molecule has 0 aliphatic heterocycles. The summed E-state index contributed by atoms with van der Waals surface area (Å²) in [6.45, 7) is 18.6. The van der Waals surface area contributed by atoms with E-state index < -0.39 is 16.4 Å². The summed E-state index contributed by atoms with van der Waals surface area (Å²) in [6, 6.07) is 1.31. The highest BCUT2D eigenvalue weighted by atomic mass is 28.4. The highest BCUT2D eigenvalue weighted by molar-refractivity contribution is 6.76. The second-order valence-corrected chi connectivity index (χ2v) is 17.3. The first-order chi connectivity index (χ1) is 7.01. The average molecular weight is 260 g/mol. The molecular weight excluding hydrogens is 228 g/mol. The molecule has 1 unspecified atom stereocenters. The van der Waals surface area contributed by atoms with Crippen LogP contribution < -0.4 is 0 Å². The number of rotatable bonds is 7. The van der Waals surface area contributed by atoms with E-state index in [1.54, 1.807) is 0 Å². The van der Waals surface area contributed by atoms with E-state index in [4.69, 9.17) is 4.43 Å². The Kier molecular flexibility index (Phi) is 6.37. The van der Waals surface area contributed by atoms with Gasteiger partial charge in [-0.25, -0.2) is 0 Å². The van der Waals surface area contributed by atoms with Crippen LogP contribution in [0, 0.1) is 12.3 Å². The van der Waals surface area contributed by atoms with Crippen LogP contribution in [0.25, 0.3) is 0 Å². The summed E-state index contributed by atoms with van der Waals surface area (Å²) < 4.78 is 6.24. The van der Waals surface area contributed by atoms with Gasteiger partial charge in [0.2, 0.25) is 0 Å². The normalized spacial score (nSPS) is 15.3. The van der Waals surface area contributed by atoms with Crippen molar-refractivity contribution in [3.63, 3.8) is 0 Å².